The topological polar surface area (TPSA) is 63.2 Å². The summed E-state index contributed by atoms with van der Waals surface area (Å²) in [5.41, 5.74) is 0.617. The van der Waals surface area contributed by atoms with Crippen molar-refractivity contribution < 1.29 is 22.7 Å². The first-order valence-corrected chi connectivity index (χ1v) is 6.61. The second-order valence-corrected chi connectivity index (χ2v) is 4.86. The Labute approximate surface area is 119 Å². The smallest absolute Gasteiger partial charge is 0.422 e. The normalized spacial score (nSPS) is 15.2. The summed E-state index contributed by atoms with van der Waals surface area (Å²) in [7, 11) is 0. The van der Waals surface area contributed by atoms with Crippen LogP contribution >= 0.6 is 0 Å². The first-order chi connectivity index (χ1) is 9.92. The average molecular weight is 303 g/mol. The van der Waals surface area contributed by atoms with E-state index in [1.807, 2.05) is 0 Å². The van der Waals surface area contributed by atoms with E-state index in [-0.39, 0.29) is 24.5 Å². The molecule has 0 atom stereocenters. The van der Waals surface area contributed by atoms with E-state index in [4.69, 9.17) is 0 Å². The Hall–Kier alpha value is -1.99. The highest BCUT2D eigenvalue weighted by Gasteiger charge is 2.28. The standard InChI is InChI=1S/C13H16F3N3O2/c14-13(15,16)8-21-11-6-9(4-5-17-11)7-18-12(20)19-10-2-1-3-10/h4-6,10H,1-3,7-8H2,(H2,18,19,20). The molecule has 0 aromatic carbocycles. The number of hydrogen-bond acceptors (Lipinski definition) is 3. The molecule has 0 radical (unpaired) electrons. The van der Waals surface area contributed by atoms with Gasteiger partial charge < -0.3 is 15.4 Å². The van der Waals surface area contributed by atoms with Crippen LogP contribution in [0.2, 0.25) is 0 Å². The lowest BCUT2D eigenvalue weighted by Crippen LogP contribution is -2.44. The number of rotatable bonds is 5. The largest absolute Gasteiger partial charge is 0.468 e. The Morgan fingerprint density at radius 3 is 2.81 bits per heavy atom. The van der Waals surface area contributed by atoms with E-state index in [1.54, 1.807) is 6.07 Å². The van der Waals surface area contributed by atoms with Gasteiger partial charge in [0.15, 0.2) is 6.61 Å². The lowest BCUT2D eigenvalue weighted by Gasteiger charge is -2.26. The van der Waals surface area contributed by atoms with Crippen LogP contribution in [-0.4, -0.2) is 29.8 Å². The fourth-order valence-electron chi connectivity index (χ4n) is 1.77. The van der Waals surface area contributed by atoms with E-state index in [1.165, 1.54) is 12.3 Å². The minimum absolute atomic E-state index is 0.119. The molecule has 116 valence electrons. The van der Waals surface area contributed by atoms with Crippen molar-refractivity contribution in [1.29, 1.82) is 0 Å². The van der Waals surface area contributed by atoms with Gasteiger partial charge in [-0.3, -0.25) is 0 Å². The Bertz CT molecular complexity index is 490. The zero-order valence-electron chi connectivity index (χ0n) is 11.2. The number of nitrogens with zero attached hydrogens (tertiary/aromatic N) is 1. The molecule has 1 aromatic rings. The lowest BCUT2D eigenvalue weighted by molar-refractivity contribution is -0.154. The maximum Gasteiger partial charge on any atom is 0.422 e. The molecule has 1 saturated carbocycles. The number of amides is 2. The van der Waals surface area contributed by atoms with Crippen LogP contribution in [0.4, 0.5) is 18.0 Å². The maximum absolute atomic E-state index is 12.0. The second-order valence-electron chi connectivity index (χ2n) is 4.86. The molecule has 2 amide bonds. The number of ether oxygens (including phenoxy) is 1. The number of pyridine rings is 1. The zero-order valence-corrected chi connectivity index (χ0v) is 11.2. The molecule has 5 nitrogen and oxygen atoms in total. The highest BCUT2D eigenvalue weighted by molar-refractivity contribution is 5.74. The predicted octanol–water partition coefficient (Wildman–Crippen LogP) is 2.37. The molecule has 1 heterocycles. The molecule has 1 aromatic heterocycles. The number of urea groups is 1. The van der Waals surface area contributed by atoms with Crippen molar-refractivity contribution in [3.05, 3.63) is 23.9 Å². The summed E-state index contributed by atoms with van der Waals surface area (Å²) in [6.45, 7) is -1.19. The molecule has 8 heteroatoms. The number of aromatic nitrogens is 1. The average Bonchev–Trinajstić information content (AvgIpc) is 2.38. The quantitative estimate of drug-likeness (QED) is 0.878. The zero-order chi connectivity index (χ0) is 15.3. The number of nitrogens with one attached hydrogen (secondary N) is 2. The molecule has 0 bridgehead atoms. The maximum atomic E-state index is 12.0. The van der Waals surface area contributed by atoms with Crippen molar-refractivity contribution in [1.82, 2.24) is 15.6 Å². The van der Waals surface area contributed by atoms with Gasteiger partial charge in [-0.15, -0.1) is 0 Å². The van der Waals surface area contributed by atoms with Gasteiger partial charge in [0, 0.05) is 24.8 Å². The van der Waals surface area contributed by atoms with Gasteiger partial charge in [-0.05, 0) is 30.9 Å². The Kier molecular flexibility index (Phi) is 4.87. The van der Waals surface area contributed by atoms with Gasteiger partial charge in [-0.25, -0.2) is 9.78 Å². The molecule has 2 N–H and O–H groups in total. The van der Waals surface area contributed by atoms with Gasteiger partial charge in [0.1, 0.15) is 0 Å². The van der Waals surface area contributed by atoms with Crippen LogP contribution in [0.3, 0.4) is 0 Å². The number of alkyl halides is 3. The molecule has 21 heavy (non-hydrogen) atoms. The lowest BCUT2D eigenvalue weighted by atomic mass is 9.93. The van der Waals surface area contributed by atoms with Crippen LogP contribution in [0.5, 0.6) is 5.88 Å². The monoisotopic (exact) mass is 303 g/mol. The molecule has 0 aliphatic heterocycles. The van der Waals surface area contributed by atoms with Crippen molar-refractivity contribution >= 4 is 6.03 Å². The van der Waals surface area contributed by atoms with Crippen LogP contribution in [0, 0.1) is 0 Å². The first-order valence-electron chi connectivity index (χ1n) is 6.61. The van der Waals surface area contributed by atoms with E-state index in [0.717, 1.165) is 19.3 Å². The highest BCUT2D eigenvalue weighted by atomic mass is 19.4. The minimum atomic E-state index is -4.40. The van der Waals surface area contributed by atoms with Gasteiger partial charge in [-0.2, -0.15) is 13.2 Å². The predicted molar refractivity (Wildman–Crippen MR) is 68.8 cm³/mol. The van der Waals surface area contributed by atoms with E-state index in [0.29, 0.717) is 5.56 Å². The van der Waals surface area contributed by atoms with Crippen LogP contribution in [0.25, 0.3) is 0 Å². The highest BCUT2D eigenvalue weighted by Crippen LogP contribution is 2.18. The van der Waals surface area contributed by atoms with Gasteiger partial charge in [0.05, 0.1) is 0 Å². The van der Waals surface area contributed by atoms with Crippen molar-refractivity contribution in [2.75, 3.05) is 6.61 Å². The minimum Gasteiger partial charge on any atom is -0.468 e. The van der Waals surface area contributed by atoms with Gasteiger partial charge in [-0.1, -0.05) is 0 Å². The summed E-state index contributed by atoms with van der Waals surface area (Å²) in [5.74, 6) is -0.119. The third-order valence-electron chi connectivity index (χ3n) is 3.08. The summed E-state index contributed by atoms with van der Waals surface area (Å²) in [6.07, 6.45) is 0.0244. The summed E-state index contributed by atoms with van der Waals surface area (Å²) in [5, 5.41) is 5.44. The molecule has 0 saturated heterocycles. The number of carbonyl (C=O) groups is 1. The van der Waals surface area contributed by atoms with Crippen molar-refractivity contribution in [3.8, 4) is 5.88 Å². The Morgan fingerprint density at radius 1 is 1.43 bits per heavy atom. The van der Waals surface area contributed by atoms with Gasteiger partial charge in [0.25, 0.3) is 0 Å². The van der Waals surface area contributed by atoms with Gasteiger partial charge in [0.2, 0.25) is 5.88 Å². The Balaban J connectivity index is 1.78. The molecule has 2 rings (SSSR count). The molecule has 1 fully saturated rings. The fraction of sp³-hybridized carbons (Fsp3) is 0.538. The van der Waals surface area contributed by atoms with Crippen LogP contribution in [0.1, 0.15) is 24.8 Å². The molecular formula is C13H16F3N3O2. The van der Waals surface area contributed by atoms with E-state index >= 15 is 0 Å². The summed E-state index contributed by atoms with van der Waals surface area (Å²) in [6, 6.07) is 2.92. The van der Waals surface area contributed by atoms with E-state index in [2.05, 4.69) is 20.4 Å². The van der Waals surface area contributed by atoms with Crippen LogP contribution in [-0.2, 0) is 6.54 Å². The van der Waals surface area contributed by atoms with Crippen molar-refractivity contribution in [3.63, 3.8) is 0 Å². The number of hydrogen-bond donors (Lipinski definition) is 2. The van der Waals surface area contributed by atoms with Crippen LogP contribution in [0.15, 0.2) is 18.3 Å². The van der Waals surface area contributed by atoms with E-state index < -0.39 is 12.8 Å². The first kappa shape index (κ1) is 15.4. The fourth-order valence-corrected chi connectivity index (χ4v) is 1.77. The second kappa shape index (κ2) is 6.64. The molecule has 0 spiro atoms. The summed E-state index contributed by atoms with van der Waals surface area (Å²) in [4.78, 5) is 15.2. The summed E-state index contributed by atoms with van der Waals surface area (Å²) < 4.78 is 40.7. The SMILES string of the molecule is O=C(NCc1ccnc(OCC(F)(F)F)c1)NC1CCC1. The third-order valence-corrected chi connectivity index (χ3v) is 3.08. The Morgan fingerprint density at radius 2 is 2.19 bits per heavy atom. The van der Waals surface area contributed by atoms with Crippen molar-refractivity contribution in [2.45, 2.75) is 38.0 Å². The van der Waals surface area contributed by atoms with E-state index in [9.17, 15) is 18.0 Å². The van der Waals surface area contributed by atoms with Crippen LogP contribution < -0.4 is 15.4 Å². The van der Waals surface area contributed by atoms with Crippen molar-refractivity contribution in [2.24, 2.45) is 0 Å². The molecule has 0 unspecified atom stereocenters. The summed E-state index contributed by atoms with van der Waals surface area (Å²) >= 11 is 0. The van der Waals surface area contributed by atoms with Gasteiger partial charge >= 0.3 is 12.2 Å². The molecular weight excluding hydrogens is 287 g/mol. The number of carbonyl (C=O) groups excluding carboxylic acids is 1. The third kappa shape index (κ3) is 5.49. The number of halogens is 3. The molecule has 1 aliphatic rings. The molecule has 1 aliphatic carbocycles.